The summed E-state index contributed by atoms with van der Waals surface area (Å²) in [5.74, 6) is -2.09. The smallest absolute Gasteiger partial charge is 0.245 e. The Morgan fingerprint density at radius 2 is 1.72 bits per heavy atom. The molecule has 1 aliphatic rings. The molecule has 1 heterocycles. The standard InChI is InChI=1S/C21H24F2N2O3S/c1-15-3-5-16(6-4-15)14-24-20(26)21(2)9-11-25(12-10-21)29(27,28)19-8-7-17(22)13-18(19)23/h3-8,13H,9-12,14H2,1-2H3,(H,24,26). The van der Waals surface area contributed by atoms with E-state index in [4.69, 9.17) is 0 Å². The van der Waals surface area contributed by atoms with Gasteiger partial charge < -0.3 is 5.32 Å². The summed E-state index contributed by atoms with van der Waals surface area (Å²) in [5.41, 5.74) is 1.41. The lowest BCUT2D eigenvalue weighted by Crippen LogP contribution is -2.48. The summed E-state index contributed by atoms with van der Waals surface area (Å²) in [5, 5.41) is 2.92. The molecule has 2 aromatic carbocycles. The van der Waals surface area contributed by atoms with Crippen LogP contribution in [0, 0.1) is 24.0 Å². The molecule has 1 saturated heterocycles. The van der Waals surface area contributed by atoms with E-state index >= 15 is 0 Å². The molecule has 3 rings (SSSR count). The SMILES string of the molecule is Cc1ccc(CNC(=O)C2(C)CCN(S(=O)(=O)c3ccc(F)cc3F)CC2)cc1. The van der Waals surface area contributed by atoms with Crippen LogP contribution < -0.4 is 5.32 Å². The van der Waals surface area contributed by atoms with Gasteiger partial charge in [0.05, 0.1) is 0 Å². The number of piperidine rings is 1. The minimum absolute atomic E-state index is 0.0909. The lowest BCUT2D eigenvalue weighted by Gasteiger charge is -2.37. The van der Waals surface area contributed by atoms with Crippen LogP contribution in [-0.2, 0) is 21.4 Å². The molecule has 0 bridgehead atoms. The molecule has 5 nitrogen and oxygen atoms in total. The molecule has 1 fully saturated rings. The van der Waals surface area contributed by atoms with Crippen molar-refractivity contribution in [2.75, 3.05) is 13.1 Å². The van der Waals surface area contributed by atoms with E-state index < -0.39 is 32.0 Å². The van der Waals surface area contributed by atoms with E-state index in [-0.39, 0.29) is 19.0 Å². The first-order valence-electron chi connectivity index (χ1n) is 9.41. The Balaban J connectivity index is 1.63. The molecule has 0 unspecified atom stereocenters. The fraction of sp³-hybridized carbons (Fsp3) is 0.381. The zero-order valence-corrected chi connectivity index (χ0v) is 17.2. The summed E-state index contributed by atoms with van der Waals surface area (Å²) < 4.78 is 53.6. The van der Waals surface area contributed by atoms with Crippen LogP contribution in [0.5, 0.6) is 0 Å². The Labute approximate surface area is 169 Å². The number of hydrogen-bond acceptors (Lipinski definition) is 3. The predicted molar refractivity (Wildman–Crippen MR) is 105 cm³/mol. The third-order valence-corrected chi connectivity index (χ3v) is 7.39. The lowest BCUT2D eigenvalue weighted by atomic mass is 9.80. The molecular weight excluding hydrogens is 398 g/mol. The van der Waals surface area contributed by atoms with Gasteiger partial charge in [0.2, 0.25) is 15.9 Å². The maximum Gasteiger partial charge on any atom is 0.245 e. The van der Waals surface area contributed by atoms with Crippen LogP contribution >= 0.6 is 0 Å². The zero-order chi connectivity index (χ0) is 21.2. The van der Waals surface area contributed by atoms with Crippen LogP contribution in [0.4, 0.5) is 8.78 Å². The molecule has 1 aliphatic heterocycles. The number of hydrogen-bond donors (Lipinski definition) is 1. The summed E-state index contributed by atoms with van der Waals surface area (Å²) in [4.78, 5) is 12.1. The van der Waals surface area contributed by atoms with Crippen molar-refractivity contribution in [1.82, 2.24) is 9.62 Å². The van der Waals surface area contributed by atoms with E-state index in [1.165, 1.54) is 0 Å². The minimum atomic E-state index is -4.08. The molecule has 0 aliphatic carbocycles. The van der Waals surface area contributed by atoms with Gasteiger partial charge in [-0.05, 0) is 37.5 Å². The molecule has 0 radical (unpaired) electrons. The van der Waals surface area contributed by atoms with Crippen molar-refractivity contribution in [3.05, 3.63) is 65.2 Å². The molecule has 1 N–H and O–H groups in total. The fourth-order valence-corrected chi connectivity index (χ4v) is 4.86. The van der Waals surface area contributed by atoms with Gasteiger partial charge in [-0.3, -0.25) is 4.79 Å². The van der Waals surface area contributed by atoms with Crippen molar-refractivity contribution in [1.29, 1.82) is 0 Å². The average molecular weight is 422 g/mol. The molecule has 29 heavy (non-hydrogen) atoms. The molecular formula is C21H24F2N2O3S. The Morgan fingerprint density at radius 3 is 2.31 bits per heavy atom. The van der Waals surface area contributed by atoms with E-state index in [9.17, 15) is 22.0 Å². The van der Waals surface area contributed by atoms with Gasteiger partial charge in [0.25, 0.3) is 0 Å². The van der Waals surface area contributed by atoms with E-state index in [0.29, 0.717) is 25.5 Å². The fourth-order valence-electron chi connectivity index (χ4n) is 3.37. The van der Waals surface area contributed by atoms with Gasteiger partial charge in [-0.25, -0.2) is 17.2 Å². The number of rotatable bonds is 5. The van der Waals surface area contributed by atoms with Gasteiger partial charge in [-0.1, -0.05) is 36.8 Å². The van der Waals surface area contributed by atoms with E-state index in [0.717, 1.165) is 27.6 Å². The van der Waals surface area contributed by atoms with Crippen LogP contribution in [0.2, 0.25) is 0 Å². The lowest BCUT2D eigenvalue weighted by molar-refractivity contribution is -0.132. The van der Waals surface area contributed by atoms with Gasteiger partial charge >= 0.3 is 0 Å². The summed E-state index contributed by atoms with van der Waals surface area (Å²) in [6.45, 7) is 4.38. The quantitative estimate of drug-likeness (QED) is 0.803. The normalized spacial score (nSPS) is 17.1. The van der Waals surface area contributed by atoms with E-state index in [1.807, 2.05) is 31.2 Å². The number of nitrogens with zero attached hydrogens (tertiary/aromatic N) is 1. The maximum atomic E-state index is 14.0. The van der Waals surface area contributed by atoms with Crippen LogP contribution in [0.25, 0.3) is 0 Å². The Kier molecular flexibility index (Phi) is 6.05. The molecule has 156 valence electrons. The second-order valence-electron chi connectivity index (χ2n) is 7.71. The molecule has 1 amide bonds. The van der Waals surface area contributed by atoms with Crippen molar-refractivity contribution in [2.45, 2.75) is 38.1 Å². The maximum absolute atomic E-state index is 14.0. The van der Waals surface area contributed by atoms with Crippen LogP contribution in [-0.4, -0.2) is 31.7 Å². The van der Waals surface area contributed by atoms with Crippen molar-refractivity contribution >= 4 is 15.9 Å². The first-order chi connectivity index (χ1) is 13.6. The molecule has 0 atom stereocenters. The predicted octanol–water partition coefficient (Wildman–Crippen LogP) is 3.38. The van der Waals surface area contributed by atoms with Crippen LogP contribution in [0.1, 0.15) is 30.9 Å². The van der Waals surface area contributed by atoms with Crippen molar-refractivity contribution < 1.29 is 22.0 Å². The molecule has 0 aromatic heterocycles. The van der Waals surface area contributed by atoms with Crippen LogP contribution in [0.3, 0.4) is 0 Å². The number of benzene rings is 2. The summed E-state index contributed by atoms with van der Waals surface area (Å²) >= 11 is 0. The van der Waals surface area contributed by atoms with Crippen LogP contribution in [0.15, 0.2) is 47.4 Å². The highest BCUT2D eigenvalue weighted by Crippen LogP contribution is 2.34. The Morgan fingerprint density at radius 1 is 1.10 bits per heavy atom. The highest BCUT2D eigenvalue weighted by molar-refractivity contribution is 7.89. The Hall–Kier alpha value is -2.32. The monoisotopic (exact) mass is 422 g/mol. The third kappa shape index (κ3) is 4.64. The van der Waals surface area contributed by atoms with E-state index in [1.54, 1.807) is 6.92 Å². The van der Waals surface area contributed by atoms with Gasteiger partial charge in [0.1, 0.15) is 16.5 Å². The molecule has 8 heteroatoms. The zero-order valence-electron chi connectivity index (χ0n) is 16.4. The number of aryl methyl sites for hydroxylation is 1. The average Bonchev–Trinajstić information content (AvgIpc) is 2.67. The number of halogens is 2. The first kappa shape index (κ1) is 21.4. The minimum Gasteiger partial charge on any atom is -0.352 e. The number of carbonyl (C=O) groups excluding carboxylic acids is 1. The van der Waals surface area contributed by atoms with Gasteiger partial charge in [0.15, 0.2) is 0 Å². The van der Waals surface area contributed by atoms with Gasteiger partial charge in [0, 0.05) is 31.1 Å². The highest BCUT2D eigenvalue weighted by atomic mass is 32.2. The highest BCUT2D eigenvalue weighted by Gasteiger charge is 2.40. The topological polar surface area (TPSA) is 66.5 Å². The largest absolute Gasteiger partial charge is 0.352 e. The summed E-state index contributed by atoms with van der Waals surface area (Å²) in [6.07, 6.45) is 0.629. The number of nitrogens with one attached hydrogen (secondary N) is 1. The van der Waals surface area contributed by atoms with Crippen molar-refractivity contribution in [3.8, 4) is 0 Å². The van der Waals surface area contributed by atoms with Gasteiger partial charge in [-0.15, -0.1) is 0 Å². The second kappa shape index (κ2) is 8.20. The summed E-state index contributed by atoms with van der Waals surface area (Å²) in [6, 6.07) is 10.3. The summed E-state index contributed by atoms with van der Waals surface area (Å²) in [7, 11) is -4.08. The third-order valence-electron chi connectivity index (χ3n) is 5.46. The Bertz CT molecular complexity index is 999. The number of carbonyl (C=O) groups is 1. The van der Waals surface area contributed by atoms with Crippen molar-refractivity contribution in [2.24, 2.45) is 5.41 Å². The van der Waals surface area contributed by atoms with Crippen molar-refractivity contribution in [3.63, 3.8) is 0 Å². The number of sulfonamides is 1. The molecule has 0 saturated carbocycles. The van der Waals surface area contributed by atoms with Gasteiger partial charge in [-0.2, -0.15) is 4.31 Å². The van der Waals surface area contributed by atoms with E-state index in [2.05, 4.69) is 5.32 Å². The molecule has 0 spiro atoms. The first-order valence-corrected chi connectivity index (χ1v) is 10.8. The number of amides is 1. The second-order valence-corrected chi connectivity index (χ2v) is 9.61. The molecule has 2 aromatic rings.